The van der Waals surface area contributed by atoms with Gasteiger partial charge < -0.3 is 10.2 Å². The molecule has 1 aromatic carbocycles. The Labute approximate surface area is 146 Å². The number of carbonyl (C=O) groups excluding carboxylic acids is 2. The Morgan fingerprint density at radius 3 is 2.79 bits per heavy atom. The standard InChI is InChI=1S/C19H22N2O2S/c1-14-13-16(24-18(14)15-7-3-2-4-8-15)19(23)20-10-6-12-21-11-5-9-17(21)22/h2-4,7-8,13H,5-6,9-12H2,1H3,(H,20,23). The molecule has 1 aromatic heterocycles. The maximum atomic E-state index is 12.3. The lowest BCUT2D eigenvalue weighted by Gasteiger charge is -2.15. The summed E-state index contributed by atoms with van der Waals surface area (Å²) in [5, 5.41) is 2.96. The lowest BCUT2D eigenvalue weighted by Crippen LogP contribution is -2.30. The molecule has 2 aromatic rings. The summed E-state index contributed by atoms with van der Waals surface area (Å²) in [7, 11) is 0. The molecule has 3 rings (SSSR count). The molecule has 0 spiro atoms. The highest BCUT2D eigenvalue weighted by Gasteiger charge is 2.19. The minimum Gasteiger partial charge on any atom is -0.351 e. The monoisotopic (exact) mass is 342 g/mol. The number of amides is 2. The predicted octanol–water partition coefficient (Wildman–Crippen LogP) is 3.47. The number of thiophene rings is 1. The number of hydrogen-bond acceptors (Lipinski definition) is 3. The van der Waals surface area contributed by atoms with Crippen molar-refractivity contribution in [3.8, 4) is 10.4 Å². The zero-order chi connectivity index (χ0) is 16.9. The summed E-state index contributed by atoms with van der Waals surface area (Å²) in [5.41, 5.74) is 2.27. The summed E-state index contributed by atoms with van der Waals surface area (Å²) in [5.74, 6) is 0.209. The Hall–Kier alpha value is -2.14. The van der Waals surface area contributed by atoms with Crippen LogP contribution in [0.4, 0.5) is 0 Å². The first kappa shape index (κ1) is 16.7. The first-order chi connectivity index (χ1) is 11.6. The smallest absolute Gasteiger partial charge is 0.261 e. The quantitative estimate of drug-likeness (QED) is 0.817. The van der Waals surface area contributed by atoms with Gasteiger partial charge >= 0.3 is 0 Å². The first-order valence-corrected chi connectivity index (χ1v) is 9.18. The highest BCUT2D eigenvalue weighted by Crippen LogP contribution is 2.32. The molecule has 0 aliphatic carbocycles. The lowest BCUT2D eigenvalue weighted by atomic mass is 10.1. The summed E-state index contributed by atoms with van der Waals surface area (Å²) in [6.07, 6.45) is 2.43. The van der Waals surface area contributed by atoms with Crippen molar-refractivity contribution >= 4 is 23.2 Å². The normalized spacial score (nSPS) is 14.2. The number of likely N-dealkylation sites (tertiary alicyclic amines) is 1. The number of hydrogen-bond donors (Lipinski definition) is 1. The molecule has 24 heavy (non-hydrogen) atoms. The second-order valence-electron chi connectivity index (χ2n) is 6.08. The fraction of sp³-hybridized carbons (Fsp3) is 0.368. The van der Waals surface area contributed by atoms with Crippen molar-refractivity contribution in [1.82, 2.24) is 10.2 Å². The van der Waals surface area contributed by atoms with Crippen molar-refractivity contribution in [1.29, 1.82) is 0 Å². The highest BCUT2D eigenvalue weighted by molar-refractivity contribution is 7.17. The zero-order valence-electron chi connectivity index (χ0n) is 13.9. The summed E-state index contributed by atoms with van der Waals surface area (Å²) < 4.78 is 0. The molecule has 2 amide bonds. The van der Waals surface area contributed by atoms with Crippen molar-refractivity contribution in [2.75, 3.05) is 19.6 Å². The van der Waals surface area contributed by atoms with E-state index in [1.165, 1.54) is 11.3 Å². The molecule has 1 N–H and O–H groups in total. The number of rotatable bonds is 6. The van der Waals surface area contributed by atoms with Gasteiger partial charge in [0.1, 0.15) is 0 Å². The number of carbonyl (C=O) groups is 2. The molecule has 1 saturated heterocycles. The van der Waals surface area contributed by atoms with E-state index in [2.05, 4.69) is 17.4 Å². The topological polar surface area (TPSA) is 49.4 Å². The number of nitrogens with one attached hydrogen (secondary N) is 1. The van der Waals surface area contributed by atoms with E-state index in [1.54, 1.807) is 0 Å². The van der Waals surface area contributed by atoms with Crippen LogP contribution in [0.25, 0.3) is 10.4 Å². The van der Waals surface area contributed by atoms with Crippen LogP contribution in [0.2, 0.25) is 0 Å². The van der Waals surface area contributed by atoms with Crippen molar-refractivity contribution < 1.29 is 9.59 Å². The van der Waals surface area contributed by atoms with E-state index in [1.807, 2.05) is 36.1 Å². The number of benzene rings is 1. The van der Waals surface area contributed by atoms with E-state index < -0.39 is 0 Å². The van der Waals surface area contributed by atoms with E-state index in [4.69, 9.17) is 0 Å². The Morgan fingerprint density at radius 2 is 2.08 bits per heavy atom. The SMILES string of the molecule is Cc1cc(C(=O)NCCCN2CCCC2=O)sc1-c1ccccc1. The van der Waals surface area contributed by atoms with E-state index in [9.17, 15) is 9.59 Å². The fourth-order valence-electron chi connectivity index (χ4n) is 2.97. The Kier molecular flexibility index (Phi) is 5.30. The summed E-state index contributed by atoms with van der Waals surface area (Å²) >= 11 is 1.53. The molecule has 0 saturated carbocycles. The second kappa shape index (κ2) is 7.62. The fourth-order valence-corrected chi connectivity index (χ4v) is 4.06. The van der Waals surface area contributed by atoms with Gasteiger partial charge in [0.2, 0.25) is 5.91 Å². The van der Waals surface area contributed by atoms with E-state index in [0.717, 1.165) is 46.8 Å². The molecule has 0 unspecified atom stereocenters. The third-order valence-corrected chi connectivity index (χ3v) is 5.52. The maximum absolute atomic E-state index is 12.3. The molecule has 0 radical (unpaired) electrons. The van der Waals surface area contributed by atoms with Crippen LogP contribution < -0.4 is 5.32 Å². The van der Waals surface area contributed by atoms with Gasteiger partial charge in [-0.1, -0.05) is 30.3 Å². The largest absolute Gasteiger partial charge is 0.351 e. The van der Waals surface area contributed by atoms with Crippen molar-refractivity contribution in [3.05, 3.63) is 46.8 Å². The number of aryl methyl sites for hydroxylation is 1. The third kappa shape index (κ3) is 3.85. The second-order valence-corrected chi connectivity index (χ2v) is 7.13. The zero-order valence-corrected chi connectivity index (χ0v) is 14.7. The Balaban J connectivity index is 1.53. The lowest BCUT2D eigenvalue weighted by molar-refractivity contribution is -0.127. The minimum atomic E-state index is -0.0296. The molecule has 4 nitrogen and oxygen atoms in total. The molecular formula is C19H22N2O2S. The van der Waals surface area contributed by atoms with Gasteiger partial charge in [0, 0.05) is 30.9 Å². The average molecular weight is 342 g/mol. The Bertz CT molecular complexity index is 724. The molecule has 0 atom stereocenters. The van der Waals surface area contributed by atoms with E-state index in [-0.39, 0.29) is 11.8 Å². The van der Waals surface area contributed by atoms with Gasteiger partial charge in [-0.3, -0.25) is 9.59 Å². The molecule has 0 bridgehead atoms. The van der Waals surface area contributed by atoms with Gasteiger partial charge in [0.25, 0.3) is 5.91 Å². The Morgan fingerprint density at radius 1 is 1.29 bits per heavy atom. The van der Waals surface area contributed by atoms with Crippen LogP contribution in [0.15, 0.2) is 36.4 Å². The molecule has 1 aliphatic heterocycles. The van der Waals surface area contributed by atoms with Crippen molar-refractivity contribution in [3.63, 3.8) is 0 Å². The first-order valence-electron chi connectivity index (χ1n) is 8.37. The van der Waals surface area contributed by atoms with Crippen LogP contribution in [0.5, 0.6) is 0 Å². The van der Waals surface area contributed by atoms with Gasteiger partial charge in [-0.05, 0) is 37.0 Å². The van der Waals surface area contributed by atoms with Crippen LogP contribution in [0.3, 0.4) is 0 Å². The molecule has 1 fully saturated rings. The van der Waals surface area contributed by atoms with Crippen LogP contribution in [-0.4, -0.2) is 36.3 Å². The summed E-state index contributed by atoms with van der Waals surface area (Å²) in [6.45, 7) is 4.23. The molecule has 2 heterocycles. The molecule has 1 aliphatic rings. The van der Waals surface area contributed by atoms with E-state index >= 15 is 0 Å². The predicted molar refractivity (Wildman–Crippen MR) is 97.3 cm³/mol. The molecule has 126 valence electrons. The molecular weight excluding hydrogens is 320 g/mol. The third-order valence-electron chi connectivity index (χ3n) is 4.24. The van der Waals surface area contributed by atoms with Crippen LogP contribution in [-0.2, 0) is 4.79 Å². The maximum Gasteiger partial charge on any atom is 0.261 e. The van der Waals surface area contributed by atoms with Crippen molar-refractivity contribution in [2.45, 2.75) is 26.2 Å². The van der Waals surface area contributed by atoms with Crippen LogP contribution >= 0.6 is 11.3 Å². The minimum absolute atomic E-state index is 0.0296. The average Bonchev–Trinajstić information content (AvgIpc) is 3.18. The van der Waals surface area contributed by atoms with Gasteiger partial charge in [0.05, 0.1) is 4.88 Å². The highest BCUT2D eigenvalue weighted by atomic mass is 32.1. The summed E-state index contributed by atoms with van der Waals surface area (Å²) in [4.78, 5) is 27.6. The van der Waals surface area contributed by atoms with Gasteiger partial charge in [-0.2, -0.15) is 0 Å². The van der Waals surface area contributed by atoms with Crippen LogP contribution in [0.1, 0.15) is 34.5 Å². The van der Waals surface area contributed by atoms with Gasteiger partial charge in [0.15, 0.2) is 0 Å². The van der Waals surface area contributed by atoms with Gasteiger partial charge in [-0.15, -0.1) is 11.3 Å². The summed E-state index contributed by atoms with van der Waals surface area (Å²) in [6, 6.07) is 12.1. The van der Waals surface area contributed by atoms with Crippen molar-refractivity contribution in [2.24, 2.45) is 0 Å². The van der Waals surface area contributed by atoms with Gasteiger partial charge in [-0.25, -0.2) is 0 Å². The number of nitrogens with zero attached hydrogens (tertiary/aromatic N) is 1. The van der Waals surface area contributed by atoms with Crippen LogP contribution in [0, 0.1) is 6.92 Å². The molecule has 5 heteroatoms. The van der Waals surface area contributed by atoms with E-state index in [0.29, 0.717) is 13.0 Å².